The number of nitro groups is 1. The fourth-order valence-corrected chi connectivity index (χ4v) is 2.06. The number of nitrogens with zero attached hydrogens (tertiary/aromatic N) is 1. The van der Waals surface area contributed by atoms with Gasteiger partial charge in [0.2, 0.25) is 0 Å². The molecule has 0 bridgehead atoms. The maximum atomic E-state index is 11.0. The van der Waals surface area contributed by atoms with Gasteiger partial charge in [-0.05, 0) is 24.5 Å². The Morgan fingerprint density at radius 2 is 2.14 bits per heavy atom. The summed E-state index contributed by atoms with van der Waals surface area (Å²) in [7, 11) is 1.57. The highest BCUT2D eigenvalue weighted by Gasteiger charge is 2.28. The number of non-ortho nitro benzene ring substituents is 1. The van der Waals surface area contributed by atoms with Crippen LogP contribution >= 0.6 is 0 Å². The summed E-state index contributed by atoms with van der Waals surface area (Å²) in [5.74, 6) is 0.442. The quantitative estimate of drug-likeness (QED) is 0.445. The smallest absolute Gasteiger partial charge is 0.273 e. The molecule has 21 heavy (non-hydrogen) atoms. The van der Waals surface area contributed by atoms with E-state index in [4.69, 9.17) is 19.9 Å². The summed E-state index contributed by atoms with van der Waals surface area (Å²) in [6.07, 6.45) is 1.94. The number of nitrogens with two attached hydrogens (primary N) is 1. The normalized spacial score (nSPS) is 20.9. The topological polar surface area (TPSA) is 96.8 Å². The first-order valence-electron chi connectivity index (χ1n) is 6.87. The van der Waals surface area contributed by atoms with Crippen LogP contribution in [0.15, 0.2) is 18.2 Å². The van der Waals surface area contributed by atoms with Crippen LogP contribution in [0.2, 0.25) is 0 Å². The van der Waals surface area contributed by atoms with Crippen molar-refractivity contribution in [1.82, 2.24) is 0 Å². The van der Waals surface area contributed by atoms with Gasteiger partial charge in [-0.15, -0.1) is 0 Å². The van der Waals surface area contributed by atoms with Crippen LogP contribution in [0.5, 0.6) is 5.75 Å². The van der Waals surface area contributed by atoms with Gasteiger partial charge in [0, 0.05) is 19.2 Å². The average molecular weight is 296 g/mol. The fourth-order valence-electron chi connectivity index (χ4n) is 2.06. The fraction of sp³-hybridized carbons (Fsp3) is 0.571. The molecule has 1 aliphatic carbocycles. The summed E-state index contributed by atoms with van der Waals surface area (Å²) in [4.78, 5) is 10.5. The number of rotatable bonds is 8. The zero-order valence-electron chi connectivity index (χ0n) is 12.0. The lowest BCUT2D eigenvalue weighted by Crippen LogP contribution is -2.45. The molecule has 1 aliphatic rings. The first-order chi connectivity index (χ1) is 10.1. The molecule has 0 aromatic heterocycles. The molecule has 0 unspecified atom stereocenters. The lowest BCUT2D eigenvalue weighted by Gasteiger charge is -2.33. The van der Waals surface area contributed by atoms with E-state index in [1.54, 1.807) is 13.2 Å². The Kier molecular flexibility index (Phi) is 5.49. The number of ether oxygens (including phenoxy) is 3. The van der Waals surface area contributed by atoms with Gasteiger partial charge in [0.15, 0.2) is 0 Å². The zero-order valence-corrected chi connectivity index (χ0v) is 12.0. The second-order valence-electron chi connectivity index (χ2n) is 5.02. The Morgan fingerprint density at radius 3 is 2.71 bits per heavy atom. The molecule has 1 saturated carbocycles. The lowest BCUT2D eigenvalue weighted by atomic mass is 9.90. The monoisotopic (exact) mass is 296 g/mol. The minimum atomic E-state index is -0.443. The highest BCUT2D eigenvalue weighted by molar-refractivity contribution is 5.42. The third kappa shape index (κ3) is 4.38. The van der Waals surface area contributed by atoms with Gasteiger partial charge in [0.1, 0.15) is 12.4 Å². The minimum Gasteiger partial charge on any atom is -0.491 e. The number of hydrogen-bond acceptors (Lipinski definition) is 6. The van der Waals surface area contributed by atoms with E-state index >= 15 is 0 Å². The molecule has 0 amide bonds. The lowest BCUT2D eigenvalue weighted by molar-refractivity contribution is -0.385. The largest absolute Gasteiger partial charge is 0.491 e. The standard InChI is InChI=1S/C14H20N2O5/c1-19-4-5-20-12-7-10(6-11(8-12)16(17)18)9-21-14-3-2-13(14)15/h6-8,13-14H,2-5,9,15H2,1H3/t13-,14-/m1/s1. The molecular formula is C14H20N2O5. The number of benzene rings is 1. The molecule has 1 aromatic carbocycles. The summed E-state index contributed by atoms with van der Waals surface area (Å²) in [6, 6.07) is 4.70. The van der Waals surface area contributed by atoms with Gasteiger partial charge in [-0.2, -0.15) is 0 Å². The van der Waals surface area contributed by atoms with E-state index in [-0.39, 0.29) is 17.8 Å². The molecule has 0 aliphatic heterocycles. The second kappa shape index (κ2) is 7.35. The van der Waals surface area contributed by atoms with Crippen molar-refractivity contribution in [3.05, 3.63) is 33.9 Å². The zero-order chi connectivity index (χ0) is 15.2. The van der Waals surface area contributed by atoms with Crippen molar-refractivity contribution in [3.63, 3.8) is 0 Å². The minimum absolute atomic E-state index is 0.0126. The summed E-state index contributed by atoms with van der Waals surface area (Å²) in [5.41, 5.74) is 6.50. The number of hydrogen-bond donors (Lipinski definition) is 1. The predicted molar refractivity (Wildman–Crippen MR) is 76.3 cm³/mol. The van der Waals surface area contributed by atoms with Crippen molar-refractivity contribution in [3.8, 4) is 5.75 Å². The molecule has 0 radical (unpaired) electrons. The van der Waals surface area contributed by atoms with E-state index < -0.39 is 4.92 Å². The molecular weight excluding hydrogens is 276 g/mol. The number of nitro benzene ring substituents is 1. The Labute approximate surface area is 123 Å². The number of methoxy groups -OCH3 is 1. The summed E-state index contributed by atoms with van der Waals surface area (Å²) < 4.78 is 16.0. The maximum absolute atomic E-state index is 11.0. The molecule has 0 saturated heterocycles. The molecule has 0 heterocycles. The van der Waals surface area contributed by atoms with Gasteiger partial charge in [-0.25, -0.2) is 0 Å². The van der Waals surface area contributed by atoms with Gasteiger partial charge in [-0.1, -0.05) is 0 Å². The third-order valence-electron chi connectivity index (χ3n) is 3.44. The van der Waals surface area contributed by atoms with Gasteiger partial charge in [0.05, 0.1) is 30.3 Å². The van der Waals surface area contributed by atoms with Crippen LogP contribution in [0.3, 0.4) is 0 Å². The summed E-state index contributed by atoms with van der Waals surface area (Å²) >= 11 is 0. The molecule has 1 aromatic rings. The van der Waals surface area contributed by atoms with E-state index in [1.165, 1.54) is 12.1 Å². The molecule has 2 atom stereocenters. The van der Waals surface area contributed by atoms with E-state index in [2.05, 4.69) is 0 Å². The van der Waals surface area contributed by atoms with Crippen molar-refractivity contribution in [1.29, 1.82) is 0 Å². The Morgan fingerprint density at radius 1 is 1.33 bits per heavy atom. The average Bonchev–Trinajstić information content (AvgIpc) is 2.46. The van der Waals surface area contributed by atoms with E-state index in [1.807, 2.05) is 0 Å². The molecule has 2 N–H and O–H groups in total. The van der Waals surface area contributed by atoms with Crippen LogP contribution in [0.4, 0.5) is 5.69 Å². The van der Waals surface area contributed by atoms with E-state index in [0.29, 0.717) is 31.1 Å². The van der Waals surface area contributed by atoms with Crippen LogP contribution < -0.4 is 10.5 Å². The van der Waals surface area contributed by atoms with Gasteiger partial charge >= 0.3 is 0 Å². The third-order valence-corrected chi connectivity index (χ3v) is 3.44. The van der Waals surface area contributed by atoms with Crippen molar-refractivity contribution in [2.75, 3.05) is 20.3 Å². The maximum Gasteiger partial charge on any atom is 0.273 e. The predicted octanol–water partition coefficient (Wildman–Crippen LogP) is 1.63. The first-order valence-corrected chi connectivity index (χ1v) is 6.87. The van der Waals surface area contributed by atoms with E-state index in [9.17, 15) is 10.1 Å². The van der Waals surface area contributed by atoms with Crippen molar-refractivity contribution < 1.29 is 19.1 Å². The Bertz CT molecular complexity index is 494. The van der Waals surface area contributed by atoms with Crippen LogP contribution in [-0.2, 0) is 16.1 Å². The molecule has 116 valence electrons. The highest BCUT2D eigenvalue weighted by Crippen LogP contribution is 2.26. The molecule has 2 rings (SSSR count). The van der Waals surface area contributed by atoms with Crippen LogP contribution in [0.25, 0.3) is 0 Å². The summed E-state index contributed by atoms with van der Waals surface area (Å²) in [6.45, 7) is 1.05. The Hall–Kier alpha value is -1.70. The summed E-state index contributed by atoms with van der Waals surface area (Å²) in [5, 5.41) is 11.0. The SMILES string of the molecule is COCCOc1cc(CO[C@@H]2CC[C@H]2N)cc([N+](=O)[O-])c1. The van der Waals surface area contributed by atoms with E-state index in [0.717, 1.165) is 12.8 Å². The van der Waals surface area contributed by atoms with Crippen molar-refractivity contribution in [2.24, 2.45) is 5.73 Å². The first kappa shape index (κ1) is 15.7. The van der Waals surface area contributed by atoms with Gasteiger partial charge in [-0.3, -0.25) is 10.1 Å². The van der Waals surface area contributed by atoms with Crippen LogP contribution in [0, 0.1) is 10.1 Å². The van der Waals surface area contributed by atoms with Crippen molar-refractivity contribution >= 4 is 5.69 Å². The van der Waals surface area contributed by atoms with Crippen LogP contribution in [0.1, 0.15) is 18.4 Å². The molecule has 0 spiro atoms. The van der Waals surface area contributed by atoms with Crippen molar-refractivity contribution in [2.45, 2.75) is 31.6 Å². The van der Waals surface area contributed by atoms with Gasteiger partial charge in [0.25, 0.3) is 5.69 Å². The molecule has 7 nitrogen and oxygen atoms in total. The Balaban J connectivity index is 2.01. The second-order valence-corrected chi connectivity index (χ2v) is 5.02. The van der Waals surface area contributed by atoms with Gasteiger partial charge < -0.3 is 19.9 Å². The molecule has 1 fully saturated rings. The van der Waals surface area contributed by atoms with Crippen LogP contribution in [-0.4, -0.2) is 37.4 Å². The molecule has 7 heteroatoms. The highest BCUT2D eigenvalue weighted by atomic mass is 16.6.